The number of benzene rings is 1. The molecule has 1 aromatic carbocycles. The maximum atomic E-state index is 12.1. The van der Waals surface area contributed by atoms with Crippen LogP contribution in [0.3, 0.4) is 0 Å². The van der Waals surface area contributed by atoms with Gasteiger partial charge in [0, 0.05) is 12.0 Å². The molecule has 0 N–H and O–H groups in total. The van der Waals surface area contributed by atoms with Gasteiger partial charge in [0.25, 0.3) is 0 Å². The smallest absolute Gasteiger partial charge is 0.164 e. The van der Waals surface area contributed by atoms with Crippen molar-refractivity contribution < 1.29 is 4.79 Å². The monoisotopic (exact) mass is 280 g/mol. The van der Waals surface area contributed by atoms with Crippen LogP contribution in [-0.2, 0) is 0 Å². The van der Waals surface area contributed by atoms with Gasteiger partial charge < -0.3 is 0 Å². The van der Waals surface area contributed by atoms with E-state index >= 15 is 0 Å². The summed E-state index contributed by atoms with van der Waals surface area (Å²) >= 11 is 6.16. The lowest BCUT2D eigenvalue weighted by Crippen LogP contribution is -2.01. The van der Waals surface area contributed by atoms with Gasteiger partial charge in [-0.15, -0.1) is 0 Å². The summed E-state index contributed by atoms with van der Waals surface area (Å²) in [6, 6.07) is 3.82. The Morgan fingerprint density at radius 2 is 1.58 bits per heavy atom. The summed E-state index contributed by atoms with van der Waals surface area (Å²) in [4.78, 5) is 12.1. The molecule has 106 valence electrons. The zero-order chi connectivity index (χ0) is 14.3. The molecule has 0 aromatic heterocycles. The first-order valence-corrected chi connectivity index (χ1v) is 7.74. The summed E-state index contributed by atoms with van der Waals surface area (Å²) in [7, 11) is 0. The summed E-state index contributed by atoms with van der Waals surface area (Å²) < 4.78 is 0. The lowest BCUT2D eigenvalue weighted by molar-refractivity contribution is 0.0979. The Labute approximate surface area is 122 Å². The third-order valence-electron chi connectivity index (χ3n) is 3.64. The van der Waals surface area contributed by atoms with Gasteiger partial charge in [0.05, 0.1) is 5.02 Å². The molecule has 0 spiro atoms. The largest absolute Gasteiger partial charge is 0.294 e. The molecule has 0 bridgehead atoms. The van der Waals surface area contributed by atoms with Crippen molar-refractivity contribution in [3.05, 3.63) is 33.8 Å². The number of aryl methyl sites for hydroxylation is 2. The molecule has 0 radical (unpaired) electrons. The fourth-order valence-electron chi connectivity index (χ4n) is 2.20. The van der Waals surface area contributed by atoms with Crippen LogP contribution >= 0.6 is 11.6 Å². The van der Waals surface area contributed by atoms with Gasteiger partial charge in [-0.3, -0.25) is 4.79 Å². The number of rotatable bonds is 8. The van der Waals surface area contributed by atoms with Crippen LogP contribution in [0.2, 0.25) is 5.02 Å². The van der Waals surface area contributed by atoms with E-state index in [1.54, 1.807) is 0 Å². The quantitative estimate of drug-likeness (QED) is 0.428. The SMILES string of the molecule is CCCCCCCCC(=O)c1cc(C)c(C)cc1Cl. The van der Waals surface area contributed by atoms with E-state index in [9.17, 15) is 4.79 Å². The van der Waals surface area contributed by atoms with Crippen molar-refractivity contribution >= 4 is 17.4 Å². The second-order valence-electron chi connectivity index (χ2n) is 5.36. The topological polar surface area (TPSA) is 17.1 Å². The molecule has 0 fully saturated rings. The molecular weight excluding hydrogens is 256 g/mol. The summed E-state index contributed by atoms with van der Waals surface area (Å²) in [5.74, 6) is 0.184. The fraction of sp³-hybridized carbons (Fsp3) is 0.588. The molecule has 19 heavy (non-hydrogen) atoms. The Balaban J connectivity index is 2.43. The number of halogens is 1. The number of carbonyl (C=O) groups excluding carboxylic acids is 1. The molecule has 0 aliphatic carbocycles. The highest BCUT2D eigenvalue weighted by molar-refractivity contribution is 6.34. The highest BCUT2D eigenvalue weighted by Crippen LogP contribution is 2.23. The van der Waals surface area contributed by atoms with Crippen molar-refractivity contribution in [3.63, 3.8) is 0 Å². The number of hydrogen-bond acceptors (Lipinski definition) is 1. The Bertz CT molecular complexity index is 424. The molecule has 0 amide bonds. The van der Waals surface area contributed by atoms with Gasteiger partial charge in [-0.2, -0.15) is 0 Å². The lowest BCUT2D eigenvalue weighted by Gasteiger charge is -2.07. The van der Waals surface area contributed by atoms with Crippen LogP contribution in [0.5, 0.6) is 0 Å². The maximum absolute atomic E-state index is 12.1. The minimum absolute atomic E-state index is 0.184. The van der Waals surface area contributed by atoms with Crippen molar-refractivity contribution in [2.75, 3.05) is 0 Å². The third kappa shape index (κ3) is 5.36. The zero-order valence-corrected chi connectivity index (χ0v) is 13.1. The van der Waals surface area contributed by atoms with Gasteiger partial charge in [-0.1, -0.05) is 50.6 Å². The number of unbranched alkanes of at least 4 members (excludes halogenated alkanes) is 5. The molecule has 0 heterocycles. The van der Waals surface area contributed by atoms with E-state index in [0.717, 1.165) is 24.0 Å². The zero-order valence-electron chi connectivity index (χ0n) is 12.4. The summed E-state index contributed by atoms with van der Waals surface area (Å²) in [5.41, 5.74) is 2.97. The lowest BCUT2D eigenvalue weighted by atomic mass is 9.99. The molecule has 1 nitrogen and oxygen atoms in total. The first-order valence-electron chi connectivity index (χ1n) is 7.36. The van der Waals surface area contributed by atoms with Crippen LogP contribution in [-0.4, -0.2) is 5.78 Å². The minimum Gasteiger partial charge on any atom is -0.294 e. The number of carbonyl (C=O) groups is 1. The van der Waals surface area contributed by atoms with Crippen molar-refractivity contribution in [3.8, 4) is 0 Å². The summed E-state index contributed by atoms with van der Waals surface area (Å²) in [5, 5.41) is 0.596. The van der Waals surface area contributed by atoms with E-state index in [4.69, 9.17) is 11.6 Å². The first kappa shape index (κ1) is 16.2. The van der Waals surface area contributed by atoms with Gasteiger partial charge >= 0.3 is 0 Å². The molecule has 0 aliphatic heterocycles. The van der Waals surface area contributed by atoms with E-state index < -0.39 is 0 Å². The van der Waals surface area contributed by atoms with Crippen LogP contribution in [0, 0.1) is 13.8 Å². The van der Waals surface area contributed by atoms with Crippen LogP contribution in [0.4, 0.5) is 0 Å². The molecule has 0 unspecified atom stereocenters. The van der Waals surface area contributed by atoms with Gasteiger partial charge in [0.1, 0.15) is 0 Å². The van der Waals surface area contributed by atoms with E-state index in [0.29, 0.717) is 17.0 Å². The molecule has 0 saturated carbocycles. The predicted octanol–water partition coefficient (Wildman–Crippen LogP) is 5.89. The van der Waals surface area contributed by atoms with Crippen molar-refractivity contribution in [1.29, 1.82) is 0 Å². The average molecular weight is 281 g/mol. The second kappa shape index (κ2) is 8.37. The molecule has 0 atom stereocenters. The third-order valence-corrected chi connectivity index (χ3v) is 3.95. The summed E-state index contributed by atoms with van der Waals surface area (Å²) in [6.07, 6.45) is 7.83. The normalized spacial score (nSPS) is 10.7. The van der Waals surface area contributed by atoms with Crippen molar-refractivity contribution in [2.45, 2.75) is 65.7 Å². The molecule has 2 heteroatoms. The van der Waals surface area contributed by atoms with Crippen LogP contribution < -0.4 is 0 Å². The predicted molar refractivity (Wildman–Crippen MR) is 83.2 cm³/mol. The fourth-order valence-corrected chi connectivity index (χ4v) is 2.52. The summed E-state index contributed by atoms with van der Waals surface area (Å²) in [6.45, 7) is 6.25. The van der Waals surface area contributed by atoms with Crippen LogP contribution in [0.1, 0.15) is 73.4 Å². The Morgan fingerprint density at radius 3 is 2.26 bits per heavy atom. The molecular formula is C17H25ClO. The molecule has 0 saturated heterocycles. The molecule has 0 aliphatic rings. The Morgan fingerprint density at radius 1 is 1.00 bits per heavy atom. The molecule has 1 aromatic rings. The minimum atomic E-state index is 0.184. The highest BCUT2D eigenvalue weighted by atomic mass is 35.5. The van der Waals surface area contributed by atoms with Crippen LogP contribution in [0.15, 0.2) is 12.1 Å². The number of ketones is 1. The van der Waals surface area contributed by atoms with E-state index in [1.165, 1.54) is 25.7 Å². The van der Waals surface area contributed by atoms with Crippen LogP contribution in [0.25, 0.3) is 0 Å². The van der Waals surface area contributed by atoms with Gasteiger partial charge in [0.15, 0.2) is 5.78 Å². The van der Waals surface area contributed by atoms with Crippen molar-refractivity contribution in [2.24, 2.45) is 0 Å². The van der Waals surface area contributed by atoms with E-state index in [1.807, 2.05) is 26.0 Å². The maximum Gasteiger partial charge on any atom is 0.164 e. The Kier molecular flexibility index (Phi) is 7.15. The molecule has 1 rings (SSSR count). The highest BCUT2D eigenvalue weighted by Gasteiger charge is 2.11. The second-order valence-corrected chi connectivity index (χ2v) is 5.76. The standard InChI is InChI=1S/C17H25ClO/c1-4-5-6-7-8-9-10-17(19)15-11-13(2)14(3)12-16(15)18/h11-12H,4-10H2,1-3H3. The number of Topliss-reactive ketones (excluding diaryl/α,β-unsaturated/α-hetero) is 1. The first-order chi connectivity index (χ1) is 9.06. The van der Waals surface area contributed by atoms with Crippen molar-refractivity contribution in [1.82, 2.24) is 0 Å². The van der Waals surface area contributed by atoms with E-state index in [2.05, 4.69) is 6.92 Å². The Hall–Kier alpha value is -0.820. The van der Waals surface area contributed by atoms with Gasteiger partial charge in [-0.25, -0.2) is 0 Å². The van der Waals surface area contributed by atoms with Gasteiger partial charge in [0.2, 0.25) is 0 Å². The number of hydrogen-bond donors (Lipinski definition) is 0. The van der Waals surface area contributed by atoms with E-state index in [-0.39, 0.29) is 5.78 Å². The van der Waals surface area contributed by atoms with Gasteiger partial charge in [-0.05, 0) is 43.5 Å². The average Bonchev–Trinajstić information content (AvgIpc) is 2.37.